The van der Waals surface area contributed by atoms with Crippen molar-refractivity contribution in [1.82, 2.24) is 29.9 Å². The molecule has 30 heavy (non-hydrogen) atoms. The number of carbonyl (C=O) groups is 1. The fourth-order valence-corrected chi connectivity index (χ4v) is 4.77. The number of nitrogens with one attached hydrogen (secondary N) is 1. The number of likely N-dealkylation sites (tertiary alicyclic amines) is 2. The number of amides is 1. The largest absolute Gasteiger partial charge is 0.352 e. The second-order valence-electron chi connectivity index (χ2n) is 8.80. The minimum atomic E-state index is 0.103. The van der Waals surface area contributed by atoms with Crippen LogP contribution in [-0.4, -0.2) is 62.7 Å². The third-order valence-electron chi connectivity index (χ3n) is 6.82. The van der Waals surface area contributed by atoms with Crippen molar-refractivity contribution in [3.8, 4) is 0 Å². The monoisotopic (exact) mass is 410 g/mol. The van der Waals surface area contributed by atoms with Gasteiger partial charge in [-0.15, -0.1) is 0 Å². The molecule has 4 rings (SSSR count). The van der Waals surface area contributed by atoms with Crippen LogP contribution < -0.4 is 5.32 Å². The number of pyridine rings is 1. The first-order valence-corrected chi connectivity index (χ1v) is 11.2. The molecule has 0 aliphatic carbocycles. The summed E-state index contributed by atoms with van der Waals surface area (Å²) < 4.78 is 1.95. The van der Waals surface area contributed by atoms with E-state index in [0.29, 0.717) is 12.6 Å². The Bertz CT molecular complexity index is 827. The number of nitrogens with zero attached hydrogens (tertiary/aromatic N) is 5. The topological polar surface area (TPSA) is 66.3 Å². The summed E-state index contributed by atoms with van der Waals surface area (Å²) in [5.74, 6) is 0.291. The maximum absolute atomic E-state index is 12.7. The van der Waals surface area contributed by atoms with Crippen LogP contribution in [0.4, 0.5) is 0 Å². The first kappa shape index (κ1) is 21.0. The van der Waals surface area contributed by atoms with E-state index in [0.717, 1.165) is 51.1 Å². The van der Waals surface area contributed by atoms with E-state index in [1.807, 2.05) is 36.3 Å². The molecular formula is C23H34N6O. The number of hydrogen-bond acceptors (Lipinski definition) is 5. The lowest BCUT2D eigenvalue weighted by molar-refractivity contribution is -0.127. The average Bonchev–Trinajstić information content (AvgIpc) is 3.11. The van der Waals surface area contributed by atoms with Gasteiger partial charge in [0, 0.05) is 56.4 Å². The van der Waals surface area contributed by atoms with Crippen molar-refractivity contribution < 1.29 is 4.79 Å². The van der Waals surface area contributed by atoms with Crippen LogP contribution in [0, 0.1) is 12.8 Å². The third kappa shape index (κ3) is 5.08. The molecule has 2 aromatic heterocycles. The Hall–Kier alpha value is -2.25. The van der Waals surface area contributed by atoms with Crippen LogP contribution in [0.25, 0.3) is 0 Å². The van der Waals surface area contributed by atoms with Crippen LogP contribution in [0.15, 0.2) is 30.7 Å². The Morgan fingerprint density at radius 1 is 1.20 bits per heavy atom. The van der Waals surface area contributed by atoms with Crippen LogP contribution in [0.1, 0.15) is 42.5 Å². The summed E-state index contributed by atoms with van der Waals surface area (Å²) in [6.07, 6.45) is 10.0. The van der Waals surface area contributed by atoms with E-state index in [2.05, 4.69) is 32.1 Å². The van der Waals surface area contributed by atoms with Gasteiger partial charge in [0.15, 0.2) is 0 Å². The summed E-state index contributed by atoms with van der Waals surface area (Å²) in [5.41, 5.74) is 3.64. The molecule has 1 N–H and O–H groups in total. The normalized spacial score (nSPS) is 21.6. The van der Waals surface area contributed by atoms with Gasteiger partial charge in [0.05, 0.1) is 12.1 Å². The number of piperidine rings is 2. The number of aryl methyl sites for hydroxylation is 1. The van der Waals surface area contributed by atoms with Crippen molar-refractivity contribution in [2.45, 2.75) is 51.7 Å². The lowest BCUT2D eigenvalue weighted by Gasteiger charge is -2.42. The smallest absolute Gasteiger partial charge is 0.224 e. The molecule has 0 spiro atoms. The summed E-state index contributed by atoms with van der Waals surface area (Å²) in [5, 5.41) is 7.48. The predicted molar refractivity (Wildman–Crippen MR) is 117 cm³/mol. The molecular weight excluding hydrogens is 376 g/mol. The van der Waals surface area contributed by atoms with Crippen LogP contribution in [0.3, 0.4) is 0 Å². The molecule has 1 amide bonds. The molecule has 2 saturated heterocycles. The molecule has 0 unspecified atom stereocenters. The highest BCUT2D eigenvalue weighted by Gasteiger charge is 2.31. The van der Waals surface area contributed by atoms with E-state index >= 15 is 0 Å². The Labute approximate surface area is 179 Å². The van der Waals surface area contributed by atoms with Crippen LogP contribution in [0.5, 0.6) is 0 Å². The SMILES string of the molecule is Cc1c(CN2CCC(N3CCC[C@@H](C(=O)NCc4cccnc4)C3)CC2)cnn1C. The molecule has 4 heterocycles. The fraction of sp³-hybridized carbons (Fsp3) is 0.609. The molecule has 1 atom stereocenters. The first-order valence-electron chi connectivity index (χ1n) is 11.2. The standard InChI is InChI=1S/C23H34N6O/c1-18-21(15-26-27(18)2)16-28-11-7-22(8-12-28)29-10-4-6-20(17-29)23(30)25-14-19-5-3-9-24-13-19/h3,5,9,13,15,20,22H,4,6-8,10-12,14,16-17H2,1-2H3,(H,25,30)/t20-/m1/s1. The highest BCUT2D eigenvalue weighted by molar-refractivity contribution is 5.78. The van der Waals surface area contributed by atoms with Crippen molar-refractivity contribution in [2.75, 3.05) is 26.2 Å². The quantitative estimate of drug-likeness (QED) is 0.790. The number of rotatable bonds is 6. The lowest BCUT2D eigenvalue weighted by Crippen LogP contribution is -2.50. The van der Waals surface area contributed by atoms with Crippen LogP contribution in [0.2, 0.25) is 0 Å². The van der Waals surface area contributed by atoms with Crippen LogP contribution >= 0.6 is 0 Å². The highest BCUT2D eigenvalue weighted by Crippen LogP contribution is 2.25. The number of carbonyl (C=O) groups excluding carboxylic acids is 1. The number of aromatic nitrogens is 3. The second-order valence-corrected chi connectivity index (χ2v) is 8.80. The molecule has 0 radical (unpaired) electrons. The van der Waals surface area contributed by atoms with Gasteiger partial charge < -0.3 is 5.32 Å². The molecule has 162 valence electrons. The van der Waals surface area contributed by atoms with Crippen molar-refractivity contribution in [1.29, 1.82) is 0 Å². The molecule has 2 aliphatic rings. The van der Waals surface area contributed by atoms with Gasteiger partial charge >= 0.3 is 0 Å². The summed E-state index contributed by atoms with van der Waals surface area (Å²) >= 11 is 0. The van der Waals surface area contributed by atoms with E-state index in [4.69, 9.17) is 0 Å². The fourth-order valence-electron chi connectivity index (χ4n) is 4.77. The molecule has 2 aromatic rings. The highest BCUT2D eigenvalue weighted by atomic mass is 16.1. The van der Waals surface area contributed by atoms with E-state index in [1.165, 1.54) is 24.1 Å². The Balaban J connectivity index is 1.24. The summed E-state index contributed by atoms with van der Waals surface area (Å²) in [6, 6.07) is 4.51. The van der Waals surface area contributed by atoms with Gasteiger partial charge in [-0.2, -0.15) is 5.10 Å². The molecule has 0 saturated carbocycles. The van der Waals surface area contributed by atoms with Crippen molar-refractivity contribution >= 4 is 5.91 Å². The van der Waals surface area contributed by atoms with Gasteiger partial charge in [-0.05, 0) is 63.9 Å². The van der Waals surface area contributed by atoms with E-state index in [9.17, 15) is 4.79 Å². The molecule has 0 aromatic carbocycles. The molecule has 7 heteroatoms. The van der Waals surface area contributed by atoms with Gasteiger partial charge in [-0.1, -0.05) is 6.07 Å². The maximum Gasteiger partial charge on any atom is 0.224 e. The minimum Gasteiger partial charge on any atom is -0.352 e. The summed E-state index contributed by atoms with van der Waals surface area (Å²) in [6.45, 7) is 7.95. The summed E-state index contributed by atoms with van der Waals surface area (Å²) in [4.78, 5) is 22.0. The molecule has 2 aliphatic heterocycles. The Morgan fingerprint density at radius 3 is 2.73 bits per heavy atom. The van der Waals surface area contributed by atoms with Crippen LogP contribution in [-0.2, 0) is 24.9 Å². The zero-order valence-corrected chi connectivity index (χ0v) is 18.3. The molecule has 2 fully saturated rings. The second kappa shape index (κ2) is 9.71. The Morgan fingerprint density at radius 2 is 2.03 bits per heavy atom. The van der Waals surface area contributed by atoms with Crippen molar-refractivity contribution in [3.05, 3.63) is 47.5 Å². The van der Waals surface area contributed by atoms with Gasteiger partial charge in [0.2, 0.25) is 5.91 Å². The van der Waals surface area contributed by atoms with Gasteiger partial charge in [0.25, 0.3) is 0 Å². The lowest BCUT2D eigenvalue weighted by atomic mass is 9.93. The van der Waals surface area contributed by atoms with Crippen molar-refractivity contribution in [2.24, 2.45) is 13.0 Å². The third-order valence-corrected chi connectivity index (χ3v) is 6.82. The predicted octanol–water partition coefficient (Wildman–Crippen LogP) is 2.12. The van der Waals surface area contributed by atoms with Crippen molar-refractivity contribution in [3.63, 3.8) is 0 Å². The zero-order chi connectivity index (χ0) is 20.9. The number of hydrogen-bond donors (Lipinski definition) is 1. The zero-order valence-electron chi connectivity index (χ0n) is 18.3. The van der Waals surface area contributed by atoms with E-state index < -0.39 is 0 Å². The van der Waals surface area contributed by atoms with E-state index in [-0.39, 0.29) is 11.8 Å². The first-order chi connectivity index (χ1) is 14.6. The van der Waals surface area contributed by atoms with Gasteiger partial charge in [-0.25, -0.2) is 0 Å². The average molecular weight is 411 g/mol. The van der Waals surface area contributed by atoms with E-state index in [1.54, 1.807) is 6.20 Å². The van der Waals surface area contributed by atoms with Gasteiger partial charge in [-0.3, -0.25) is 24.3 Å². The maximum atomic E-state index is 12.7. The molecule has 0 bridgehead atoms. The van der Waals surface area contributed by atoms with Gasteiger partial charge in [0.1, 0.15) is 0 Å². The molecule has 7 nitrogen and oxygen atoms in total. The minimum absolute atomic E-state index is 0.103. The Kier molecular flexibility index (Phi) is 6.79. The summed E-state index contributed by atoms with van der Waals surface area (Å²) in [7, 11) is 2.00.